The van der Waals surface area contributed by atoms with Crippen molar-refractivity contribution in [2.75, 3.05) is 26.3 Å². The summed E-state index contributed by atoms with van der Waals surface area (Å²) in [7, 11) is 0. The van der Waals surface area contributed by atoms with E-state index in [1.807, 2.05) is 36.5 Å². The molecular formula is C29H31N3O3S. The first-order valence-electron chi connectivity index (χ1n) is 13.2. The number of rotatable bonds is 3. The maximum atomic E-state index is 12.5. The van der Waals surface area contributed by atoms with E-state index in [1.165, 1.54) is 50.3 Å². The first kappa shape index (κ1) is 22.5. The van der Waals surface area contributed by atoms with Crippen molar-refractivity contribution in [1.82, 2.24) is 9.88 Å². The van der Waals surface area contributed by atoms with Gasteiger partial charge in [-0.3, -0.25) is 9.78 Å². The lowest BCUT2D eigenvalue weighted by molar-refractivity contribution is -0.113. The number of thioether (sulfide) groups is 1. The Morgan fingerprint density at radius 3 is 2.42 bits per heavy atom. The van der Waals surface area contributed by atoms with Gasteiger partial charge in [0.25, 0.3) is 5.91 Å². The van der Waals surface area contributed by atoms with Crippen molar-refractivity contribution in [3.8, 4) is 17.0 Å². The monoisotopic (exact) mass is 501 g/mol. The lowest BCUT2D eigenvalue weighted by Gasteiger charge is -2.57. The highest BCUT2D eigenvalue weighted by Crippen LogP contribution is 2.62. The summed E-state index contributed by atoms with van der Waals surface area (Å²) in [4.78, 5) is 24.2. The SMILES string of the molecule is O=C1N=C(N2CCOCC2)SC1=Cc1ccc(-c2ccc(O)c(C34CC5CC(CC(C5)C3)C4)c2)nc1. The summed E-state index contributed by atoms with van der Waals surface area (Å²) in [6.45, 7) is 2.86. The molecule has 1 aromatic heterocycles. The molecule has 1 aromatic carbocycles. The number of phenols is 1. The fourth-order valence-electron chi connectivity index (χ4n) is 7.66. The van der Waals surface area contributed by atoms with Crippen molar-refractivity contribution >= 4 is 28.9 Å². The Morgan fingerprint density at radius 2 is 1.75 bits per heavy atom. The minimum absolute atomic E-state index is 0.136. The van der Waals surface area contributed by atoms with Crippen molar-refractivity contribution < 1.29 is 14.6 Å². The molecule has 0 radical (unpaired) electrons. The van der Waals surface area contributed by atoms with Crippen LogP contribution in [0.4, 0.5) is 0 Å². The molecule has 3 heterocycles. The van der Waals surface area contributed by atoms with E-state index in [9.17, 15) is 9.90 Å². The van der Waals surface area contributed by atoms with E-state index < -0.39 is 0 Å². The van der Waals surface area contributed by atoms with Gasteiger partial charge in [-0.15, -0.1) is 0 Å². The molecule has 6 nitrogen and oxygen atoms in total. The number of benzene rings is 1. The van der Waals surface area contributed by atoms with Gasteiger partial charge < -0.3 is 14.7 Å². The molecule has 4 aliphatic carbocycles. The molecule has 5 fully saturated rings. The molecule has 4 saturated carbocycles. The molecule has 1 saturated heterocycles. The van der Waals surface area contributed by atoms with E-state index >= 15 is 0 Å². The number of hydrogen-bond donors (Lipinski definition) is 1. The first-order chi connectivity index (χ1) is 17.5. The topological polar surface area (TPSA) is 75.0 Å². The fraction of sp³-hybridized carbons (Fsp3) is 0.483. The molecule has 1 N–H and O–H groups in total. The zero-order valence-electron chi connectivity index (χ0n) is 20.4. The number of morpholine rings is 1. The van der Waals surface area contributed by atoms with Gasteiger partial charge in [0.15, 0.2) is 5.17 Å². The second-order valence-corrected chi connectivity index (χ2v) is 12.3. The quantitative estimate of drug-likeness (QED) is 0.581. The van der Waals surface area contributed by atoms with E-state index in [0.29, 0.717) is 23.9 Å². The lowest BCUT2D eigenvalue weighted by atomic mass is 9.48. The van der Waals surface area contributed by atoms with E-state index in [4.69, 9.17) is 9.72 Å². The Bertz CT molecular complexity index is 1230. The normalized spacial score (nSPS) is 32.4. The van der Waals surface area contributed by atoms with Crippen LogP contribution in [-0.4, -0.2) is 52.4 Å². The number of amidine groups is 1. The van der Waals surface area contributed by atoms with Gasteiger partial charge in [0, 0.05) is 30.4 Å². The molecular weight excluding hydrogens is 470 g/mol. The van der Waals surface area contributed by atoms with Gasteiger partial charge in [0.05, 0.1) is 23.8 Å². The minimum Gasteiger partial charge on any atom is -0.508 e. The van der Waals surface area contributed by atoms with Crippen LogP contribution in [0.2, 0.25) is 0 Å². The molecule has 0 unspecified atom stereocenters. The molecule has 0 spiro atoms. The van der Waals surface area contributed by atoms with Crippen LogP contribution < -0.4 is 0 Å². The number of phenolic OH excluding ortho intramolecular Hbond substituents is 1. The van der Waals surface area contributed by atoms with Crippen LogP contribution in [0.1, 0.15) is 49.7 Å². The number of aromatic nitrogens is 1. The number of ether oxygens (including phenoxy) is 1. The van der Waals surface area contributed by atoms with E-state index in [1.54, 1.807) is 0 Å². The van der Waals surface area contributed by atoms with Gasteiger partial charge in [-0.1, -0.05) is 6.07 Å². The summed E-state index contributed by atoms with van der Waals surface area (Å²) in [5.41, 5.74) is 4.08. The van der Waals surface area contributed by atoms with E-state index in [0.717, 1.165) is 58.4 Å². The number of amides is 1. The van der Waals surface area contributed by atoms with Crippen LogP contribution >= 0.6 is 11.8 Å². The van der Waals surface area contributed by atoms with E-state index in [2.05, 4.69) is 16.0 Å². The van der Waals surface area contributed by atoms with Gasteiger partial charge in [-0.25, -0.2) is 0 Å². The van der Waals surface area contributed by atoms with Crippen LogP contribution in [0, 0.1) is 17.8 Å². The Kier molecular flexibility index (Phi) is 5.47. The largest absolute Gasteiger partial charge is 0.508 e. The number of nitrogens with zero attached hydrogens (tertiary/aromatic N) is 3. The summed E-state index contributed by atoms with van der Waals surface area (Å²) in [5.74, 6) is 2.73. The summed E-state index contributed by atoms with van der Waals surface area (Å²) in [6, 6.07) is 10.0. The van der Waals surface area contributed by atoms with Gasteiger partial charge in [-0.2, -0.15) is 4.99 Å². The van der Waals surface area contributed by atoms with E-state index in [-0.39, 0.29) is 11.3 Å². The number of aromatic hydroxyl groups is 1. The maximum absolute atomic E-state index is 12.5. The van der Waals surface area contributed by atoms with Crippen molar-refractivity contribution in [1.29, 1.82) is 0 Å². The molecule has 7 heteroatoms. The molecule has 0 atom stereocenters. The maximum Gasteiger partial charge on any atom is 0.286 e. The molecule has 186 valence electrons. The zero-order chi connectivity index (χ0) is 24.3. The standard InChI is InChI=1S/C29H31N3O3S/c33-25-4-2-22(13-23(25)29-14-19-9-20(15-29)11-21(10-19)16-29)24-3-1-18(17-30-24)12-26-27(34)31-28(36-26)32-5-7-35-8-6-32/h1-4,12-13,17,19-21,33H,5-11,14-16H2. The fourth-order valence-corrected chi connectivity index (χ4v) is 8.63. The van der Waals surface area contributed by atoms with Crippen molar-refractivity contribution in [3.05, 3.63) is 52.6 Å². The van der Waals surface area contributed by atoms with Crippen LogP contribution in [0.5, 0.6) is 5.75 Å². The molecule has 2 aliphatic heterocycles. The predicted molar refractivity (Wildman–Crippen MR) is 142 cm³/mol. The highest BCUT2D eigenvalue weighted by molar-refractivity contribution is 8.18. The molecule has 1 amide bonds. The second kappa shape index (κ2) is 8.73. The smallest absolute Gasteiger partial charge is 0.286 e. The average molecular weight is 502 g/mol. The van der Waals surface area contributed by atoms with Crippen LogP contribution in [0.25, 0.3) is 17.3 Å². The second-order valence-electron chi connectivity index (χ2n) is 11.3. The molecule has 8 rings (SSSR count). The van der Waals surface area contributed by atoms with Crippen LogP contribution in [0.3, 0.4) is 0 Å². The van der Waals surface area contributed by atoms with Crippen LogP contribution in [-0.2, 0) is 14.9 Å². The number of carbonyl (C=O) groups is 1. The Hall–Kier alpha value is -2.64. The highest BCUT2D eigenvalue weighted by atomic mass is 32.2. The van der Waals surface area contributed by atoms with Gasteiger partial charge in [-0.05, 0) is 109 Å². The van der Waals surface area contributed by atoms with Gasteiger partial charge in [0.1, 0.15) is 5.75 Å². The number of hydrogen-bond acceptors (Lipinski definition) is 6. The predicted octanol–water partition coefficient (Wildman–Crippen LogP) is 5.22. The van der Waals surface area contributed by atoms with Gasteiger partial charge in [0.2, 0.25) is 0 Å². The van der Waals surface area contributed by atoms with Gasteiger partial charge >= 0.3 is 0 Å². The average Bonchev–Trinajstić information content (AvgIpc) is 3.24. The number of pyridine rings is 1. The van der Waals surface area contributed by atoms with Crippen molar-refractivity contribution in [3.63, 3.8) is 0 Å². The van der Waals surface area contributed by atoms with Crippen molar-refractivity contribution in [2.45, 2.75) is 43.9 Å². The third-order valence-electron chi connectivity index (χ3n) is 8.88. The molecule has 6 aliphatic rings. The summed E-state index contributed by atoms with van der Waals surface area (Å²) >= 11 is 1.43. The summed E-state index contributed by atoms with van der Waals surface area (Å²) in [6.07, 6.45) is 11.5. The third kappa shape index (κ3) is 3.97. The third-order valence-corrected chi connectivity index (χ3v) is 9.92. The summed E-state index contributed by atoms with van der Waals surface area (Å²) < 4.78 is 5.40. The number of aliphatic imine (C=N–C) groups is 1. The lowest BCUT2D eigenvalue weighted by Crippen LogP contribution is -2.48. The molecule has 36 heavy (non-hydrogen) atoms. The highest BCUT2D eigenvalue weighted by Gasteiger charge is 2.52. The zero-order valence-corrected chi connectivity index (χ0v) is 21.2. The van der Waals surface area contributed by atoms with Crippen LogP contribution in [0.15, 0.2) is 46.4 Å². The molecule has 2 aromatic rings. The van der Waals surface area contributed by atoms with Crippen molar-refractivity contribution in [2.24, 2.45) is 22.7 Å². The summed E-state index contributed by atoms with van der Waals surface area (Å²) in [5, 5.41) is 11.7. The Labute approximate surface area is 215 Å². The molecule has 4 bridgehead atoms. The minimum atomic E-state index is -0.190. The Morgan fingerprint density at radius 1 is 1.03 bits per heavy atom. The number of carbonyl (C=O) groups excluding carboxylic acids is 1. The Balaban J connectivity index is 1.11. The first-order valence-corrected chi connectivity index (χ1v) is 14.0.